The molecule has 0 saturated heterocycles. The van der Waals surface area contributed by atoms with Crippen molar-refractivity contribution < 1.29 is 9.84 Å². The summed E-state index contributed by atoms with van der Waals surface area (Å²) in [5.41, 5.74) is 3.08. The van der Waals surface area contributed by atoms with Gasteiger partial charge in [-0.15, -0.1) is 0 Å². The van der Waals surface area contributed by atoms with Gasteiger partial charge in [0.05, 0.1) is 0 Å². The molecular weight excluding hydrogens is 188 g/mol. The van der Waals surface area contributed by atoms with Crippen molar-refractivity contribution in [3.63, 3.8) is 0 Å². The molecule has 82 valence electrons. The molecular formula is C13H18O2. The van der Waals surface area contributed by atoms with E-state index < -0.39 is 0 Å². The Hall–Kier alpha value is -1.18. The van der Waals surface area contributed by atoms with Gasteiger partial charge in [0, 0.05) is 5.56 Å². The number of rotatable bonds is 0. The molecule has 0 aromatic heterocycles. The Morgan fingerprint density at radius 3 is 2.67 bits per heavy atom. The lowest BCUT2D eigenvalue weighted by Crippen LogP contribution is -2.33. The van der Waals surface area contributed by atoms with Crippen molar-refractivity contribution in [1.82, 2.24) is 0 Å². The van der Waals surface area contributed by atoms with Crippen LogP contribution in [0.25, 0.3) is 0 Å². The van der Waals surface area contributed by atoms with Crippen LogP contribution in [0.5, 0.6) is 11.5 Å². The van der Waals surface area contributed by atoms with Crippen LogP contribution in [0, 0.1) is 13.8 Å². The number of ether oxygens (including phenoxy) is 1. The number of phenolic OH excluding ortho intramolecular Hbond substituents is 1. The van der Waals surface area contributed by atoms with Crippen molar-refractivity contribution in [3.8, 4) is 11.5 Å². The lowest BCUT2D eigenvalue weighted by molar-refractivity contribution is 0.0832. The molecule has 1 heterocycles. The highest BCUT2D eigenvalue weighted by atomic mass is 16.5. The SMILES string of the molecule is Cc1cc(O)c(C)c2c1OC(C)(C)CC2. The summed E-state index contributed by atoms with van der Waals surface area (Å²) >= 11 is 0. The first kappa shape index (κ1) is 10.3. The standard InChI is InChI=1S/C13H18O2/c1-8-7-11(14)9(2)10-5-6-13(3,4)15-12(8)10/h7,14H,5-6H2,1-4H3. The van der Waals surface area contributed by atoms with Gasteiger partial charge in [-0.25, -0.2) is 0 Å². The third-order valence-corrected chi connectivity index (χ3v) is 3.18. The van der Waals surface area contributed by atoms with Crippen molar-refractivity contribution in [3.05, 3.63) is 22.8 Å². The molecule has 0 saturated carbocycles. The van der Waals surface area contributed by atoms with Crippen molar-refractivity contribution >= 4 is 0 Å². The first-order valence-corrected chi connectivity index (χ1v) is 5.42. The van der Waals surface area contributed by atoms with Crippen molar-refractivity contribution in [2.45, 2.75) is 46.1 Å². The van der Waals surface area contributed by atoms with Gasteiger partial charge in [0.2, 0.25) is 0 Å². The van der Waals surface area contributed by atoms with Crippen LogP contribution in [0.1, 0.15) is 37.0 Å². The number of aromatic hydroxyl groups is 1. The van der Waals surface area contributed by atoms with E-state index >= 15 is 0 Å². The lowest BCUT2D eigenvalue weighted by atomic mass is 9.90. The smallest absolute Gasteiger partial charge is 0.126 e. The average molecular weight is 206 g/mol. The molecule has 0 aliphatic carbocycles. The fourth-order valence-electron chi connectivity index (χ4n) is 2.14. The van der Waals surface area contributed by atoms with Crippen LogP contribution in [0.4, 0.5) is 0 Å². The van der Waals surface area contributed by atoms with Crippen LogP contribution in [0.3, 0.4) is 0 Å². The van der Waals surface area contributed by atoms with Crippen LogP contribution in [0.15, 0.2) is 6.07 Å². The molecule has 0 unspecified atom stereocenters. The van der Waals surface area contributed by atoms with Gasteiger partial charge in [0.15, 0.2) is 0 Å². The number of phenols is 1. The molecule has 0 spiro atoms. The maximum absolute atomic E-state index is 9.73. The summed E-state index contributed by atoms with van der Waals surface area (Å²) in [6.07, 6.45) is 1.99. The zero-order valence-electron chi connectivity index (χ0n) is 9.85. The Kier molecular flexibility index (Phi) is 2.18. The van der Waals surface area contributed by atoms with E-state index in [-0.39, 0.29) is 5.60 Å². The topological polar surface area (TPSA) is 29.5 Å². The van der Waals surface area contributed by atoms with Gasteiger partial charge in [-0.05, 0) is 57.7 Å². The minimum Gasteiger partial charge on any atom is -0.508 e. The van der Waals surface area contributed by atoms with Crippen LogP contribution in [0.2, 0.25) is 0 Å². The van der Waals surface area contributed by atoms with Gasteiger partial charge in [-0.3, -0.25) is 0 Å². The summed E-state index contributed by atoms with van der Waals surface area (Å²) in [5, 5.41) is 9.73. The number of fused-ring (bicyclic) bond motifs is 1. The van der Waals surface area contributed by atoms with Crippen molar-refractivity contribution in [2.24, 2.45) is 0 Å². The Balaban J connectivity index is 2.56. The number of aryl methyl sites for hydroxylation is 1. The predicted molar refractivity (Wildman–Crippen MR) is 60.6 cm³/mol. The first-order chi connectivity index (χ1) is 6.91. The Morgan fingerprint density at radius 2 is 2.00 bits per heavy atom. The molecule has 0 fully saturated rings. The van der Waals surface area contributed by atoms with Crippen molar-refractivity contribution in [2.75, 3.05) is 0 Å². The Labute approximate surface area is 90.9 Å². The molecule has 1 aliphatic heterocycles. The molecule has 0 radical (unpaired) electrons. The highest BCUT2D eigenvalue weighted by Gasteiger charge is 2.29. The van der Waals surface area contributed by atoms with Gasteiger partial charge >= 0.3 is 0 Å². The van der Waals surface area contributed by atoms with Crippen LogP contribution < -0.4 is 4.74 Å². The van der Waals surface area contributed by atoms with Gasteiger partial charge in [0.1, 0.15) is 17.1 Å². The molecule has 0 atom stereocenters. The highest BCUT2D eigenvalue weighted by molar-refractivity contribution is 5.53. The first-order valence-electron chi connectivity index (χ1n) is 5.42. The van der Waals surface area contributed by atoms with Gasteiger partial charge in [-0.2, -0.15) is 0 Å². The zero-order valence-corrected chi connectivity index (χ0v) is 9.85. The monoisotopic (exact) mass is 206 g/mol. The summed E-state index contributed by atoms with van der Waals surface area (Å²) in [6.45, 7) is 8.16. The molecule has 15 heavy (non-hydrogen) atoms. The lowest BCUT2D eigenvalue weighted by Gasteiger charge is -2.34. The maximum atomic E-state index is 9.73. The minimum atomic E-state index is -0.0822. The summed E-state index contributed by atoms with van der Waals surface area (Å²) < 4.78 is 5.97. The molecule has 1 aromatic carbocycles. The minimum absolute atomic E-state index is 0.0822. The maximum Gasteiger partial charge on any atom is 0.126 e. The van der Waals surface area contributed by atoms with Gasteiger partial charge in [0.25, 0.3) is 0 Å². The highest BCUT2D eigenvalue weighted by Crippen LogP contribution is 2.40. The number of hydrogen-bond donors (Lipinski definition) is 1. The second kappa shape index (κ2) is 3.16. The summed E-state index contributed by atoms with van der Waals surface area (Å²) in [7, 11) is 0. The normalized spacial score (nSPS) is 18.1. The third kappa shape index (κ3) is 1.69. The van der Waals surface area contributed by atoms with E-state index in [0.717, 1.165) is 29.7 Å². The molecule has 1 aromatic rings. The summed E-state index contributed by atoms with van der Waals surface area (Å²) in [5.74, 6) is 1.36. The Morgan fingerprint density at radius 1 is 1.33 bits per heavy atom. The predicted octanol–water partition coefficient (Wildman–Crippen LogP) is 3.11. The molecule has 1 aliphatic rings. The summed E-state index contributed by atoms with van der Waals surface area (Å²) in [6, 6.07) is 1.79. The molecule has 0 amide bonds. The summed E-state index contributed by atoms with van der Waals surface area (Å²) in [4.78, 5) is 0. The van der Waals surface area contributed by atoms with E-state index in [1.807, 2.05) is 13.8 Å². The van der Waals surface area contributed by atoms with E-state index in [9.17, 15) is 5.11 Å². The molecule has 2 rings (SSSR count). The van der Waals surface area contributed by atoms with Crippen LogP contribution in [-0.4, -0.2) is 10.7 Å². The second-order valence-electron chi connectivity index (χ2n) is 5.01. The fraction of sp³-hybridized carbons (Fsp3) is 0.538. The van der Waals surface area contributed by atoms with E-state index in [2.05, 4.69) is 13.8 Å². The quantitative estimate of drug-likeness (QED) is 0.706. The Bertz CT molecular complexity index is 405. The average Bonchev–Trinajstić information content (AvgIpc) is 2.13. The zero-order chi connectivity index (χ0) is 11.2. The van der Waals surface area contributed by atoms with Gasteiger partial charge < -0.3 is 9.84 Å². The van der Waals surface area contributed by atoms with E-state index in [4.69, 9.17) is 4.74 Å². The number of hydrogen-bond acceptors (Lipinski definition) is 2. The largest absolute Gasteiger partial charge is 0.508 e. The number of benzene rings is 1. The fourth-order valence-corrected chi connectivity index (χ4v) is 2.14. The van der Waals surface area contributed by atoms with Crippen LogP contribution in [-0.2, 0) is 6.42 Å². The van der Waals surface area contributed by atoms with E-state index in [0.29, 0.717) is 5.75 Å². The van der Waals surface area contributed by atoms with Crippen molar-refractivity contribution in [1.29, 1.82) is 0 Å². The van der Waals surface area contributed by atoms with E-state index in [1.165, 1.54) is 5.56 Å². The molecule has 0 bridgehead atoms. The van der Waals surface area contributed by atoms with Gasteiger partial charge in [-0.1, -0.05) is 0 Å². The van der Waals surface area contributed by atoms with E-state index in [1.54, 1.807) is 6.07 Å². The molecule has 1 N–H and O–H groups in total. The third-order valence-electron chi connectivity index (χ3n) is 3.18. The molecule has 2 nitrogen and oxygen atoms in total. The molecule has 2 heteroatoms. The van der Waals surface area contributed by atoms with Crippen LogP contribution >= 0.6 is 0 Å². The second-order valence-corrected chi connectivity index (χ2v) is 5.01.